The topological polar surface area (TPSA) is 78.4 Å². The maximum atomic E-state index is 13.8. The van der Waals surface area contributed by atoms with Gasteiger partial charge in [-0.3, -0.25) is 0 Å². The lowest BCUT2D eigenvalue weighted by molar-refractivity contribution is -0.191. The first-order valence-corrected chi connectivity index (χ1v) is 14.2. The van der Waals surface area contributed by atoms with Gasteiger partial charge in [0, 0.05) is 35.7 Å². The lowest BCUT2D eigenvalue weighted by Crippen LogP contribution is -2.56. The molecule has 0 spiro atoms. The zero-order valence-electron chi connectivity index (χ0n) is 21.6. The lowest BCUT2D eigenvalue weighted by atomic mass is 9.76. The van der Waals surface area contributed by atoms with Crippen molar-refractivity contribution in [2.45, 2.75) is 58.3 Å². The predicted octanol–water partition coefficient (Wildman–Crippen LogP) is 6.44. The highest BCUT2D eigenvalue weighted by Crippen LogP contribution is 2.39. The van der Waals surface area contributed by atoms with Crippen molar-refractivity contribution in [3.63, 3.8) is 0 Å². The lowest BCUT2D eigenvalue weighted by Gasteiger charge is -2.50. The van der Waals surface area contributed by atoms with Crippen molar-refractivity contribution in [2.24, 2.45) is 17.8 Å². The Balaban J connectivity index is 0.00000107. The second-order valence-electron chi connectivity index (χ2n) is 10.7. The fraction of sp³-hybridized carbons (Fsp3) is 0.593. The molecule has 2 saturated heterocycles. The maximum Gasteiger partial charge on any atom is 0.373 e. The van der Waals surface area contributed by atoms with E-state index in [2.05, 4.69) is 27.0 Å². The SMILES string of the molecule is CC1CC(N2CCC[C@H](C3CN(c4nc(CF)c(Cl)c(N[C@H](C)c5ccc(Cl)cc5Cl)n4)C3)C2)C1.O=C=O. The molecule has 0 radical (unpaired) electrons. The summed E-state index contributed by atoms with van der Waals surface area (Å²) in [6.07, 6.45) is 5.53. The van der Waals surface area contributed by atoms with E-state index in [0.29, 0.717) is 33.6 Å². The molecule has 2 aliphatic heterocycles. The van der Waals surface area contributed by atoms with Gasteiger partial charge in [0.05, 0.1) is 11.7 Å². The number of carbonyl (C=O) groups excluding carboxylic acids is 2. The molecule has 3 heterocycles. The molecular weight excluding hydrogens is 552 g/mol. The molecule has 5 rings (SSSR count). The van der Waals surface area contributed by atoms with E-state index in [-0.39, 0.29) is 22.9 Å². The van der Waals surface area contributed by atoms with Gasteiger partial charge < -0.3 is 15.1 Å². The number of aromatic nitrogens is 2. The fourth-order valence-electron chi connectivity index (χ4n) is 5.83. The smallest absolute Gasteiger partial charge is 0.362 e. The Bertz CT molecular complexity index is 1150. The van der Waals surface area contributed by atoms with Crippen molar-refractivity contribution < 1.29 is 14.0 Å². The fourth-order valence-corrected chi connectivity index (χ4v) is 6.59. The molecule has 3 aliphatic rings. The summed E-state index contributed by atoms with van der Waals surface area (Å²) in [7, 11) is 0. The second kappa shape index (κ2) is 12.9. The summed E-state index contributed by atoms with van der Waals surface area (Å²) in [5.74, 6) is 3.19. The van der Waals surface area contributed by atoms with Gasteiger partial charge in [-0.05, 0) is 74.6 Å². The van der Waals surface area contributed by atoms with E-state index in [1.807, 2.05) is 13.0 Å². The number of nitrogens with zero attached hydrogens (tertiary/aromatic N) is 4. The van der Waals surface area contributed by atoms with Crippen molar-refractivity contribution in [2.75, 3.05) is 36.4 Å². The molecule has 1 aromatic carbocycles. The summed E-state index contributed by atoms with van der Waals surface area (Å²) in [4.78, 5) is 30.3. The monoisotopic (exact) mass is 583 g/mol. The minimum Gasteiger partial charge on any atom is -0.362 e. The summed E-state index contributed by atoms with van der Waals surface area (Å²) in [5, 5.41) is 4.64. The van der Waals surface area contributed by atoms with Crippen LogP contribution in [0.4, 0.5) is 16.2 Å². The number of nitrogens with one attached hydrogen (secondary N) is 1. The molecule has 11 heteroatoms. The number of benzene rings is 1. The van der Waals surface area contributed by atoms with Crippen LogP contribution in [-0.2, 0) is 16.3 Å². The number of alkyl halides is 1. The first-order valence-electron chi connectivity index (χ1n) is 13.1. The number of rotatable bonds is 7. The zero-order valence-corrected chi connectivity index (χ0v) is 23.9. The Morgan fingerprint density at radius 1 is 1.13 bits per heavy atom. The molecule has 0 amide bonds. The third kappa shape index (κ3) is 6.60. The van der Waals surface area contributed by atoms with Crippen LogP contribution < -0.4 is 10.2 Å². The Labute approximate surface area is 238 Å². The van der Waals surface area contributed by atoms with Gasteiger partial charge >= 0.3 is 6.15 Å². The Morgan fingerprint density at radius 2 is 1.84 bits per heavy atom. The molecule has 3 fully saturated rings. The molecule has 7 nitrogen and oxygen atoms in total. The van der Waals surface area contributed by atoms with Gasteiger partial charge in [-0.1, -0.05) is 47.8 Å². The minimum atomic E-state index is -0.742. The van der Waals surface area contributed by atoms with Gasteiger partial charge in [-0.2, -0.15) is 14.6 Å². The van der Waals surface area contributed by atoms with Gasteiger partial charge in [0.15, 0.2) is 5.82 Å². The highest BCUT2D eigenvalue weighted by atomic mass is 35.5. The summed E-state index contributed by atoms with van der Waals surface area (Å²) < 4.78 is 13.8. The van der Waals surface area contributed by atoms with Crippen molar-refractivity contribution in [3.05, 3.63) is 44.5 Å². The number of likely N-dealkylation sites (tertiary alicyclic amines) is 1. The molecule has 0 bridgehead atoms. The van der Waals surface area contributed by atoms with Crippen LogP contribution in [0.2, 0.25) is 15.1 Å². The number of halogens is 4. The quantitative estimate of drug-likeness (QED) is 0.401. The van der Waals surface area contributed by atoms with Crippen LogP contribution in [0, 0.1) is 17.8 Å². The van der Waals surface area contributed by atoms with Crippen LogP contribution in [-0.4, -0.2) is 53.2 Å². The van der Waals surface area contributed by atoms with Crippen molar-refractivity contribution in [1.82, 2.24) is 14.9 Å². The van der Waals surface area contributed by atoms with Gasteiger partial charge in [0.2, 0.25) is 5.95 Å². The van der Waals surface area contributed by atoms with Gasteiger partial charge in [-0.15, -0.1) is 0 Å². The van der Waals surface area contributed by atoms with Crippen LogP contribution in [0.5, 0.6) is 0 Å². The Kier molecular flexibility index (Phi) is 9.88. The van der Waals surface area contributed by atoms with E-state index in [4.69, 9.17) is 49.4 Å². The highest BCUT2D eigenvalue weighted by molar-refractivity contribution is 6.35. The van der Waals surface area contributed by atoms with Crippen LogP contribution in [0.1, 0.15) is 56.8 Å². The standard InChI is InChI=1S/C26H33Cl3FN5.CO2/c1-15-8-20(9-15)34-7-3-4-17(12-34)18-13-35(14-18)26-32-23(11-30)24(29)25(33-26)31-16(2)21-6-5-19(27)10-22(21)28;2-1-3/h5-6,10,15-18,20H,3-4,7-9,11-14H2,1-2H3,(H,31,32,33);/t15?,16-,17+,20?;/m1./s1. The number of hydrogen-bond donors (Lipinski definition) is 1. The summed E-state index contributed by atoms with van der Waals surface area (Å²) in [6.45, 7) is 7.84. The third-order valence-electron chi connectivity index (χ3n) is 8.03. The van der Waals surface area contributed by atoms with E-state index in [1.54, 1.807) is 12.1 Å². The van der Waals surface area contributed by atoms with E-state index in [9.17, 15) is 4.39 Å². The van der Waals surface area contributed by atoms with Crippen molar-refractivity contribution in [1.29, 1.82) is 0 Å². The van der Waals surface area contributed by atoms with Gasteiger partial charge in [-0.25, -0.2) is 9.37 Å². The largest absolute Gasteiger partial charge is 0.373 e. The van der Waals surface area contributed by atoms with E-state index in [1.165, 1.54) is 38.8 Å². The zero-order chi connectivity index (χ0) is 27.4. The molecule has 206 valence electrons. The van der Waals surface area contributed by atoms with Crippen LogP contribution in [0.15, 0.2) is 18.2 Å². The Morgan fingerprint density at radius 3 is 2.47 bits per heavy atom. The molecule has 2 atom stereocenters. The van der Waals surface area contributed by atoms with Crippen LogP contribution >= 0.6 is 34.8 Å². The minimum absolute atomic E-state index is 0.195. The van der Waals surface area contributed by atoms with Gasteiger partial charge in [0.1, 0.15) is 11.7 Å². The molecule has 38 heavy (non-hydrogen) atoms. The first-order chi connectivity index (χ1) is 18.2. The molecule has 1 N–H and O–H groups in total. The molecule has 2 aromatic rings. The van der Waals surface area contributed by atoms with Crippen LogP contribution in [0.25, 0.3) is 0 Å². The van der Waals surface area contributed by atoms with Crippen LogP contribution in [0.3, 0.4) is 0 Å². The van der Waals surface area contributed by atoms with E-state index >= 15 is 0 Å². The van der Waals surface area contributed by atoms with Gasteiger partial charge in [0.25, 0.3) is 0 Å². The van der Waals surface area contributed by atoms with Crippen molar-refractivity contribution >= 4 is 52.7 Å². The molecular formula is C27H33Cl3FN5O2. The third-order valence-corrected chi connectivity index (χ3v) is 8.99. The molecule has 0 unspecified atom stereocenters. The molecule has 1 aliphatic carbocycles. The predicted molar refractivity (Wildman–Crippen MR) is 148 cm³/mol. The average Bonchev–Trinajstić information content (AvgIpc) is 2.83. The maximum absolute atomic E-state index is 13.8. The molecule has 1 saturated carbocycles. The Hall–Kier alpha value is -1.96. The average molecular weight is 585 g/mol. The first kappa shape index (κ1) is 29.0. The normalized spacial score (nSPS) is 24.4. The summed E-state index contributed by atoms with van der Waals surface area (Å²) >= 11 is 18.9. The molecule has 1 aromatic heterocycles. The van der Waals surface area contributed by atoms with Crippen molar-refractivity contribution in [3.8, 4) is 0 Å². The summed E-state index contributed by atoms with van der Waals surface area (Å²) in [5.41, 5.74) is 1.07. The van der Waals surface area contributed by atoms with E-state index in [0.717, 1.165) is 30.6 Å². The van der Waals surface area contributed by atoms with E-state index < -0.39 is 6.67 Å². The highest BCUT2D eigenvalue weighted by Gasteiger charge is 2.40. The number of piperidine rings is 1. The number of anilines is 2. The number of hydrogen-bond acceptors (Lipinski definition) is 7. The second-order valence-corrected chi connectivity index (χ2v) is 11.9. The summed E-state index contributed by atoms with van der Waals surface area (Å²) in [6, 6.07) is 5.96.